The van der Waals surface area contributed by atoms with E-state index in [0.717, 1.165) is 12.2 Å². The maximum Gasteiger partial charge on any atom is 0.330 e. The van der Waals surface area contributed by atoms with Crippen LogP contribution >= 0.6 is 0 Å². The van der Waals surface area contributed by atoms with Gasteiger partial charge in [0.2, 0.25) is 12.6 Å². The zero-order chi connectivity index (χ0) is 15.0. The SMILES string of the molecule is C=CC(=O)O.N=C=O.[C-]#[N+]CCC=C(C)C(=O)O. The Bertz CT molecular complexity index is 373. The van der Waals surface area contributed by atoms with Crippen LogP contribution in [0.15, 0.2) is 24.3 Å². The second-order valence-corrected chi connectivity index (χ2v) is 2.51. The number of carbonyl (C=O) groups is 2. The Balaban J connectivity index is -0.000000235. The highest BCUT2D eigenvalue weighted by atomic mass is 16.4. The summed E-state index contributed by atoms with van der Waals surface area (Å²) in [5.41, 5.74) is 0.309. The van der Waals surface area contributed by atoms with E-state index in [1.807, 2.05) is 0 Å². The summed E-state index contributed by atoms with van der Waals surface area (Å²) in [6.45, 7) is 11.2. The lowest BCUT2D eigenvalue weighted by Crippen LogP contribution is -1.95. The van der Waals surface area contributed by atoms with Crippen molar-refractivity contribution in [2.24, 2.45) is 0 Å². The monoisotopic (exact) mass is 254 g/mol. The van der Waals surface area contributed by atoms with E-state index in [4.69, 9.17) is 27.0 Å². The quantitative estimate of drug-likeness (QED) is 0.231. The molecule has 0 saturated carbocycles. The second-order valence-electron chi connectivity index (χ2n) is 2.51. The zero-order valence-electron chi connectivity index (χ0n) is 9.84. The molecule has 18 heavy (non-hydrogen) atoms. The van der Waals surface area contributed by atoms with Gasteiger partial charge in [0.25, 0.3) is 0 Å². The molecule has 0 aromatic rings. The summed E-state index contributed by atoms with van der Waals surface area (Å²) in [6, 6.07) is 0. The van der Waals surface area contributed by atoms with Crippen molar-refractivity contribution in [1.82, 2.24) is 0 Å². The average molecular weight is 254 g/mol. The van der Waals surface area contributed by atoms with E-state index in [-0.39, 0.29) is 0 Å². The molecule has 0 atom stereocenters. The molecule has 0 aromatic carbocycles. The van der Waals surface area contributed by atoms with Crippen LogP contribution in [-0.4, -0.2) is 34.8 Å². The first-order valence-electron chi connectivity index (χ1n) is 4.49. The summed E-state index contributed by atoms with van der Waals surface area (Å²) in [7, 11) is 0. The molecule has 0 saturated heterocycles. The molecular formula is C11H14N2O5. The Labute approximate surface area is 104 Å². The lowest BCUT2D eigenvalue weighted by molar-refractivity contribution is -0.133. The van der Waals surface area contributed by atoms with Gasteiger partial charge in [0.1, 0.15) is 0 Å². The molecule has 0 aliphatic rings. The van der Waals surface area contributed by atoms with Crippen LogP contribution in [0.25, 0.3) is 4.85 Å². The molecule has 98 valence electrons. The summed E-state index contributed by atoms with van der Waals surface area (Å²) < 4.78 is 0. The number of isocyanates is 1. The third kappa shape index (κ3) is 29.2. The van der Waals surface area contributed by atoms with Crippen molar-refractivity contribution >= 4 is 18.0 Å². The Kier molecular flexibility index (Phi) is 19.2. The standard InChI is InChI=1S/C7H9NO2.C3H4O2.CHNO/c1-6(7(9)10)4-3-5-8-2;1-2-3(4)5;2-1-3/h4H,3,5H2,1H3,(H,9,10);2H,1H2,(H,4,5);2H. The van der Waals surface area contributed by atoms with E-state index in [1.165, 1.54) is 6.92 Å². The minimum absolute atomic E-state index is 0.309. The Morgan fingerprint density at radius 3 is 2.11 bits per heavy atom. The predicted molar refractivity (Wildman–Crippen MR) is 63.7 cm³/mol. The van der Waals surface area contributed by atoms with Gasteiger partial charge in [-0.25, -0.2) is 26.4 Å². The molecule has 0 aliphatic carbocycles. The molecule has 0 heterocycles. The van der Waals surface area contributed by atoms with Crippen LogP contribution in [0.5, 0.6) is 0 Å². The van der Waals surface area contributed by atoms with Gasteiger partial charge in [-0.05, 0) is 6.92 Å². The van der Waals surface area contributed by atoms with E-state index < -0.39 is 11.9 Å². The number of carbonyl (C=O) groups excluding carboxylic acids is 1. The molecule has 0 unspecified atom stereocenters. The number of aliphatic carboxylic acids is 2. The lowest BCUT2D eigenvalue weighted by Gasteiger charge is -1.88. The molecule has 3 N–H and O–H groups in total. The molecule has 7 heteroatoms. The number of nitrogens with one attached hydrogen (secondary N) is 1. The van der Waals surface area contributed by atoms with Crippen LogP contribution in [0.4, 0.5) is 0 Å². The Hall–Kier alpha value is -2.71. The largest absolute Gasteiger partial charge is 0.478 e. The normalized spacial score (nSPS) is 8.11. The molecule has 0 bridgehead atoms. The summed E-state index contributed by atoms with van der Waals surface area (Å²) in [6.07, 6.45) is 3.67. The van der Waals surface area contributed by atoms with Crippen LogP contribution in [0.3, 0.4) is 0 Å². The molecule has 0 spiro atoms. The highest BCUT2D eigenvalue weighted by molar-refractivity contribution is 5.85. The van der Waals surface area contributed by atoms with Crippen LogP contribution in [-0.2, 0) is 14.4 Å². The first-order valence-corrected chi connectivity index (χ1v) is 4.49. The van der Waals surface area contributed by atoms with E-state index in [0.29, 0.717) is 18.5 Å². The van der Waals surface area contributed by atoms with Gasteiger partial charge in [0.05, 0.1) is 0 Å². The summed E-state index contributed by atoms with van der Waals surface area (Å²) >= 11 is 0. The van der Waals surface area contributed by atoms with Crippen LogP contribution < -0.4 is 0 Å². The fourth-order valence-electron chi connectivity index (χ4n) is 0.433. The van der Waals surface area contributed by atoms with Crippen LogP contribution in [0, 0.1) is 12.0 Å². The van der Waals surface area contributed by atoms with Crippen molar-refractivity contribution in [3.63, 3.8) is 0 Å². The molecular weight excluding hydrogens is 240 g/mol. The average Bonchev–Trinajstić information content (AvgIpc) is 2.30. The van der Waals surface area contributed by atoms with Crippen molar-refractivity contribution in [2.45, 2.75) is 13.3 Å². The van der Waals surface area contributed by atoms with Crippen molar-refractivity contribution in [2.75, 3.05) is 6.54 Å². The maximum atomic E-state index is 10.1. The summed E-state index contributed by atoms with van der Waals surface area (Å²) in [5, 5.41) is 21.3. The number of nitrogens with zero attached hydrogens (tertiary/aromatic N) is 1. The highest BCUT2D eigenvalue weighted by Gasteiger charge is 1.97. The molecule has 0 aromatic heterocycles. The van der Waals surface area contributed by atoms with Gasteiger partial charge in [-0.15, -0.1) is 0 Å². The highest BCUT2D eigenvalue weighted by Crippen LogP contribution is 1.94. The van der Waals surface area contributed by atoms with Crippen molar-refractivity contribution in [3.8, 4) is 0 Å². The number of carboxylic acids is 2. The van der Waals surface area contributed by atoms with Gasteiger partial charge in [-0.3, -0.25) is 0 Å². The Morgan fingerprint density at radius 2 is 1.89 bits per heavy atom. The summed E-state index contributed by atoms with van der Waals surface area (Å²) in [4.78, 5) is 30.8. The number of rotatable bonds is 4. The number of hydrogen-bond acceptors (Lipinski definition) is 4. The van der Waals surface area contributed by atoms with Crippen LogP contribution in [0.2, 0.25) is 0 Å². The van der Waals surface area contributed by atoms with E-state index in [2.05, 4.69) is 11.4 Å². The van der Waals surface area contributed by atoms with Crippen molar-refractivity contribution in [3.05, 3.63) is 35.7 Å². The van der Waals surface area contributed by atoms with Gasteiger partial charge >= 0.3 is 11.9 Å². The molecule has 0 fully saturated rings. The van der Waals surface area contributed by atoms with Crippen molar-refractivity contribution < 1.29 is 24.6 Å². The van der Waals surface area contributed by atoms with Gasteiger partial charge in [-0.2, -0.15) is 0 Å². The second kappa shape index (κ2) is 16.7. The van der Waals surface area contributed by atoms with Gasteiger partial charge in [0, 0.05) is 18.1 Å². The zero-order valence-corrected chi connectivity index (χ0v) is 9.84. The molecule has 0 amide bonds. The fourth-order valence-corrected chi connectivity index (χ4v) is 0.433. The van der Waals surface area contributed by atoms with Gasteiger partial charge in [0.15, 0.2) is 0 Å². The fraction of sp³-hybridized carbons (Fsp3) is 0.273. The Morgan fingerprint density at radius 1 is 1.50 bits per heavy atom. The smallest absolute Gasteiger partial charge is 0.330 e. The number of hydrogen-bond donors (Lipinski definition) is 3. The summed E-state index contributed by atoms with van der Waals surface area (Å²) in [5.74, 6) is -1.89. The van der Waals surface area contributed by atoms with E-state index in [1.54, 1.807) is 6.08 Å². The molecule has 7 nitrogen and oxygen atoms in total. The molecule has 0 rings (SSSR count). The van der Waals surface area contributed by atoms with E-state index in [9.17, 15) is 9.59 Å². The van der Waals surface area contributed by atoms with Gasteiger partial charge in [-0.1, -0.05) is 12.7 Å². The lowest BCUT2D eigenvalue weighted by atomic mass is 10.2. The van der Waals surface area contributed by atoms with Gasteiger partial charge < -0.3 is 15.1 Å². The van der Waals surface area contributed by atoms with Crippen LogP contribution in [0.1, 0.15) is 13.3 Å². The minimum atomic E-state index is -0.981. The molecule has 0 aliphatic heterocycles. The van der Waals surface area contributed by atoms with E-state index >= 15 is 0 Å². The number of carboxylic acid groups (broad SMARTS) is 2. The third-order valence-corrected chi connectivity index (χ3v) is 1.20. The van der Waals surface area contributed by atoms with Crippen molar-refractivity contribution in [1.29, 1.82) is 5.41 Å². The third-order valence-electron chi connectivity index (χ3n) is 1.20. The topological polar surface area (TPSA) is 120 Å². The molecule has 0 radical (unpaired) electrons. The predicted octanol–water partition coefficient (Wildman–Crippen LogP) is 1.48. The minimum Gasteiger partial charge on any atom is -0.478 e. The first kappa shape index (κ1) is 20.7. The maximum absolute atomic E-state index is 10.1. The first-order chi connectivity index (χ1) is 8.37.